The highest BCUT2D eigenvalue weighted by atomic mass is 16.1. The minimum atomic E-state index is -0.236. The zero-order valence-corrected chi connectivity index (χ0v) is 18.2. The number of aliphatic imine (C=N–C) groups is 1. The number of amides is 1. The Morgan fingerprint density at radius 2 is 1.94 bits per heavy atom. The predicted molar refractivity (Wildman–Crippen MR) is 126 cm³/mol. The SMILES string of the molecule is Cc1ccc(-n2nc(CN3CCCCC3)cc2NC(=O)C2=C3CN(C=CC=N3)N=C2)cc1. The van der Waals surface area contributed by atoms with Crippen molar-refractivity contribution in [2.75, 3.05) is 25.0 Å². The van der Waals surface area contributed by atoms with Gasteiger partial charge in [-0.25, -0.2) is 4.68 Å². The number of anilines is 1. The van der Waals surface area contributed by atoms with Crippen LogP contribution in [0.2, 0.25) is 0 Å². The number of nitrogens with zero attached hydrogens (tertiary/aromatic N) is 6. The number of carbonyl (C=O) groups excluding carboxylic acids is 1. The number of rotatable bonds is 5. The first-order valence-electron chi connectivity index (χ1n) is 11.1. The van der Waals surface area contributed by atoms with Gasteiger partial charge in [-0.15, -0.1) is 0 Å². The van der Waals surface area contributed by atoms with E-state index in [9.17, 15) is 4.79 Å². The fourth-order valence-corrected chi connectivity index (χ4v) is 4.16. The summed E-state index contributed by atoms with van der Waals surface area (Å²) in [5.74, 6) is 0.408. The number of hydrazone groups is 1. The number of aryl methyl sites for hydroxylation is 1. The van der Waals surface area contributed by atoms with Crippen molar-refractivity contribution in [3.8, 4) is 5.69 Å². The Hall–Kier alpha value is -3.52. The van der Waals surface area contributed by atoms with E-state index in [0.29, 0.717) is 23.6 Å². The van der Waals surface area contributed by atoms with Crippen LogP contribution in [-0.2, 0) is 11.3 Å². The van der Waals surface area contributed by atoms with Crippen LogP contribution in [-0.4, -0.2) is 57.7 Å². The number of aromatic nitrogens is 2. The summed E-state index contributed by atoms with van der Waals surface area (Å²) in [6.45, 7) is 5.49. The van der Waals surface area contributed by atoms with Gasteiger partial charge in [0.15, 0.2) is 0 Å². The second-order valence-electron chi connectivity index (χ2n) is 8.38. The third-order valence-corrected chi connectivity index (χ3v) is 5.89. The summed E-state index contributed by atoms with van der Waals surface area (Å²) in [6, 6.07) is 10.1. The van der Waals surface area contributed by atoms with Gasteiger partial charge in [0, 0.05) is 25.0 Å². The van der Waals surface area contributed by atoms with Crippen LogP contribution in [0.5, 0.6) is 0 Å². The lowest BCUT2D eigenvalue weighted by Crippen LogP contribution is -2.29. The molecule has 3 aliphatic heterocycles. The van der Waals surface area contributed by atoms with Crippen LogP contribution in [0.3, 0.4) is 0 Å². The molecule has 1 aromatic heterocycles. The van der Waals surface area contributed by atoms with Gasteiger partial charge < -0.3 is 5.32 Å². The smallest absolute Gasteiger partial charge is 0.260 e. The molecule has 164 valence electrons. The van der Waals surface area contributed by atoms with Crippen LogP contribution in [0, 0.1) is 6.92 Å². The monoisotopic (exact) mass is 429 g/mol. The summed E-state index contributed by atoms with van der Waals surface area (Å²) >= 11 is 0. The second kappa shape index (κ2) is 8.92. The number of likely N-dealkylation sites (tertiary alicyclic amines) is 1. The van der Waals surface area contributed by atoms with Gasteiger partial charge >= 0.3 is 0 Å². The third-order valence-electron chi connectivity index (χ3n) is 5.89. The van der Waals surface area contributed by atoms with Crippen LogP contribution < -0.4 is 5.32 Å². The molecule has 0 radical (unpaired) electrons. The molecule has 8 nitrogen and oxygen atoms in total. The number of nitrogens with one attached hydrogen (secondary N) is 1. The van der Waals surface area contributed by atoms with Crippen molar-refractivity contribution in [1.29, 1.82) is 0 Å². The van der Waals surface area contributed by atoms with Crippen molar-refractivity contribution < 1.29 is 4.79 Å². The van der Waals surface area contributed by atoms with E-state index in [2.05, 4.69) is 27.2 Å². The average molecular weight is 430 g/mol. The average Bonchev–Trinajstić information content (AvgIpc) is 3.09. The molecule has 0 atom stereocenters. The summed E-state index contributed by atoms with van der Waals surface area (Å²) in [6.07, 6.45) is 10.7. The number of hydrogen-bond donors (Lipinski definition) is 1. The van der Waals surface area contributed by atoms with Crippen LogP contribution in [0.4, 0.5) is 5.82 Å². The van der Waals surface area contributed by atoms with E-state index in [-0.39, 0.29) is 5.91 Å². The van der Waals surface area contributed by atoms with E-state index >= 15 is 0 Å². The molecule has 3 aliphatic rings. The maximum Gasteiger partial charge on any atom is 0.260 e. The maximum absolute atomic E-state index is 13.2. The van der Waals surface area contributed by atoms with Gasteiger partial charge in [0.05, 0.1) is 35.4 Å². The lowest BCUT2D eigenvalue weighted by atomic mass is 10.1. The lowest BCUT2D eigenvalue weighted by Gasteiger charge is -2.25. The molecule has 1 saturated heterocycles. The normalized spacial score (nSPS) is 18.2. The number of carbonyl (C=O) groups is 1. The number of hydrogen-bond acceptors (Lipinski definition) is 6. The quantitative estimate of drug-likeness (QED) is 0.791. The number of benzene rings is 1. The van der Waals surface area contributed by atoms with E-state index in [4.69, 9.17) is 5.10 Å². The highest BCUT2D eigenvalue weighted by Gasteiger charge is 2.22. The van der Waals surface area contributed by atoms with E-state index in [1.165, 1.54) is 24.8 Å². The standard InChI is InChI=1S/C24H27N7O/c1-18-6-8-20(9-7-18)31-23(14-19(28-31)16-29-11-3-2-4-12-29)27-24(32)21-15-26-30-13-5-10-25-22(21)17-30/h5-10,13-15H,2-4,11-12,16-17H2,1H3,(H,27,32). The number of piperidine rings is 1. The summed E-state index contributed by atoms with van der Waals surface area (Å²) in [4.78, 5) is 20.0. The van der Waals surface area contributed by atoms with Gasteiger partial charge in [0.25, 0.3) is 5.91 Å². The summed E-state index contributed by atoms with van der Waals surface area (Å²) in [5.41, 5.74) is 4.19. The largest absolute Gasteiger partial charge is 0.306 e. The Labute approximate surface area is 187 Å². The van der Waals surface area contributed by atoms with Crippen molar-refractivity contribution in [2.45, 2.75) is 32.7 Å². The molecule has 0 aliphatic carbocycles. The molecule has 2 aromatic rings. The first-order chi connectivity index (χ1) is 15.7. The van der Waals surface area contributed by atoms with E-state index in [1.54, 1.807) is 17.4 Å². The molecule has 1 N–H and O–H groups in total. The Balaban J connectivity index is 1.43. The Morgan fingerprint density at radius 1 is 1.12 bits per heavy atom. The van der Waals surface area contributed by atoms with Crippen molar-refractivity contribution in [3.05, 3.63) is 65.1 Å². The van der Waals surface area contributed by atoms with Gasteiger partial charge in [0.1, 0.15) is 5.82 Å². The fourth-order valence-electron chi connectivity index (χ4n) is 4.16. The zero-order valence-electron chi connectivity index (χ0n) is 18.2. The first kappa shape index (κ1) is 20.4. The van der Waals surface area contributed by atoms with E-state index in [0.717, 1.165) is 31.0 Å². The Kier molecular flexibility index (Phi) is 5.68. The van der Waals surface area contributed by atoms with Gasteiger partial charge in [-0.05, 0) is 51.1 Å². The van der Waals surface area contributed by atoms with Gasteiger partial charge in [-0.3, -0.25) is 19.7 Å². The molecule has 0 saturated carbocycles. The van der Waals surface area contributed by atoms with Crippen LogP contribution in [0.25, 0.3) is 5.69 Å². The molecule has 0 unspecified atom stereocenters. The van der Waals surface area contributed by atoms with Gasteiger partial charge in [-0.1, -0.05) is 24.1 Å². The molecular formula is C24H27N7O. The highest BCUT2D eigenvalue weighted by Crippen LogP contribution is 2.22. The maximum atomic E-state index is 13.2. The first-order valence-corrected chi connectivity index (χ1v) is 11.1. The van der Waals surface area contributed by atoms with Crippen molar-refractivity contribution in [3.63, 3.8) is 0 Å². The van der Waals surface area contributed by atoms with Crippen LogP contribution in [0.15, 0.2) is 64.0 Å². The van der Waals surface area contributed by atoms with Crippen molar-refractivity contribution in [2.24, 2.45) is 10.1 Å². The topological polar surface area (TPSA) is 78.1 Å². The number of fused-ring (bicyclic) bond motifs is 2. The van der Waals surface area contributed by atoms with Crippen LogP contribution >= 0.6 is 0 Å². The summed E-state index contributed by atoms with van der Waals surface area (Å²) in [7, 11) is 0. The molecule has 1 fully saturated rings. The molecular weight excluding hydrogens is 402 g/mol. The van der Waals surface area contributed by atoms with E-state index in [1.807, 2.05) is 47.3 Å². The number of allylic oxidation sites excluding steroid dienone is 1. The Morgan fingerprint density at radius 3 is 2.75 bits per heavy atom. The Bertz CT molecular complexity index is 1120. The lowest BCUT2D eigenvalue weighted by molar-refractivity contribution is -0.112. The predicted octanol–water partition coefficient (Wildman–Crippen LogP) is 3.26. The molecule has 32 heavy (non-hydrogen) atoms. The minimum Gasteiger partial charge on any atom is -0.306 e. The van der Waals surface area contributed by atoms with Crippen LogP contribution in [0.1, 0.15) is 30.5 Å². The van der Waals surface area contributed by atoms with E-state index < -0.39 is 0 Å². The zero-order chi connectivity index (χ0) is 21.9. The molecule has 8 heteroatoms. The molecule has 2 bridgehead atoms. The van der Waals surface area contributed by atoms with Gasteiger partial charge in [0.2, 0.25) is 0 Å². The minimum absolute atomic E-state index is 0.236. The molecule has 0 spiro atoms. The highest BCUT2D eigenvalue weighted by molar-refractivity contribution is 6.18. The molecule has 1 amide bonds. The molecule has 4 heterocycles. The molecule has 1 aromatic carbocycles. The van der Waals surface area contributed by atoms with Crippen molar-refractivity contribution in [1.82, 2.24) is 19.7 Å². The molecule has 5 rings (SSSR count). The second-order valence-corrected chi connectivity index (χ2v) is 8.38. The fraction of sp³-hybridized carbons (Fsp3) is 0.333. The summed E-state index contributed by atoms with van der Waals surface area (Å²) in [5, 5.41) is 14.0. The third kappa shape index (κ3) is 4.40. The van der Waals surface area contributed by atoms with Gasteiger partial charge in [-0.2, -0.15) is 10.2 Å². The summed E-state index contributed by atoms with van der Waals surface area (Å²) < 4.78 is 1.81. The van der Waals surface area contributed by atoms with Crippen molar-refractivity contribution >= 4 is 24.2 Å².